The highest BCUT2D eigenvalue weighted by molar-refractivity contribution is 6.42. The molecule has 0 radical (unpaired) electrons. The van der Waals surface area contributed by atoms with Gasteiger partial charge in [-0.25, -0.2) is 0 Å². The van der Waals surface area contributed by atoms with Crippen LogP contribution in [0.3, 0.4) is 0 Å². The molecule has 16 heavy (non-hydrogen) atoms. The molecule has 1 N–H and O–H groups in total. The van der Waals surface area contributed by atoms with E-state index in [-0.39, 0.29) is 0 Å². The first-order valence-electron chi connectivity index (χ1n) is 4.81. The molecule has 1 aromatic rings. The van der Waals surface area contributed by atoms with E-state index in [1.807, 2.05) is 18.0 Å². The number of carbonyl (C=O) groups is 1. The summed E-state index contributed by atoms with van der Waals surface area (Å²) in [7, 11) is 1.82. The van der Waals surface area contributed by atoms with E-state index in [1.54, 1.807) is 19.1 Å². The summed E-state index contributed by atoms with van der Waals surface area (Å²) >= 11 is 11.7. The molecule has 0 bridgehead atoms. The number of nitrogens with zero attached hydrogens (tertiary/aromatic N) is 1. The first-order valence-corrected chi connectivity index (χ1v) is 5.56. The van der Waals surface area contributed by atoms with Crippen LogP contribution in [0.15, 0.2) is 18.2 Å². The lowest BCUT2D eigenvalue weighted by molar-refractivity contribution is -0.140. The fourth-order valence-electron chi connectivity index (χ4n) is 1.32. The van der Waals surface area contributed by atoms with E-state index < -0.39 is 11.9 Å². The van der Waals surface area contributed by atoms with Crippen LogP contribution in [-0.4, -0.2) is 24.7 Å². The maximum Gasteiger partial charge on any atom is 0.308 e. The fraction of sp³-hybridized carbons (Fsp3) is 0.364. The molecule has 1 atom stereocenters. The normalized spacial score (nSPS) is 12.2. The van der Waals surface area contributed by atoms with Gasteiger partial charge in [-0.2, -0.15) is 0 Å². The first-order chi connectivity index (χ1) is 7.41. The summed E-state index contributed by atoms with van der Waals surface area (Å²) in [4.78, 5) is 12.5. The molecule has 1 rings (SSSR count). The highest BCUT2D eigenvalue weighted by atomic mass is 35.5. The topological polar surface area (TPSA) is 40.5 Å². The van der Waals surface area contributed by atoms with Gasteiger partial charge in [0.2, 0.25) is 0 Å². The summed E-state index contributed by atoms with van der Waals surface area (Å²) in [6.07, 6.45) is 0. The van der Waals surface area contributed by atoms with Crippen molar-refractivity contribution in [2.24, 2.45) is 5.92 Å². The van der Waals surface area contributed by atoms with Crippen molar-refractivity contribution >= 4 is 34.9 Å². The number of carboxylic acids is 1. The molecular weight excluding hydrogens is 249 g/mol. The molecule has 0 aromatic heterocycles. The van der Waals surface area contributed by atoms with Crippen molar-refractivity contribution in [3.63, 3.8) is 0 Å². The Morgan fingerprint density at radius 1 is 1.44 bits per heavy atom. The zero-order chi connectivity index (χ0) is 12.3. The van der Waals surface area contributed by atoms with Gasteiger partial charge in [-0.3, -0.25) is 4.79 Å². The quantitative estimate of drug-likeness (QED) is 0.906. The second-order valence-corrected chi connectivity index (χ2v) is 4.53. The van der Waals surface area contributed by atoms with Crippen LogP contribution in [0.1, 0.15) is 6.92 Å². The van der Waals surface area contributed by atoms with Crippen molar-refractivity contribution in [2.45, 2.75) is 6.92 Å². The number of aliphatic carboxylic acids is 1. The molecule has 0 amide bonds. The van der Waals surface area contributed by atoms with Crippen LogP contribution >= 0.6 is 23.2 Å². The van der Waals surface area contributed by atoms with E-state index in [2.05, 4.69) is 0 Å². The summed E-state index contributed by atoms with van der Waals surface area (Å²) < 4.78 is 0. The van der Waals surface area contributed by atoms with Crippen molar-refractivity contribution in [1.82, 2.24) is 0 Å². The average Bonchev–Trinajstić information content (AvgIpc) is 2.21. The number of carboxylic acid groups (broad SMARTS) is 1. The lowest BCUT2D eigenvalue weighted by Gasteiger charge is -2.21. The van der Waals surface area contributed by atoms with Crippen molar-refractivity contribution in [1.29, 1.82) is 0 Å². The maximum absolute atomic E-state index is 10.7. The Morgan fingerprint density at radius 2 is 2.06 bits per heavy atom. The van der Waals surface area contributed by atoms with Crippen LogP contribution in [0.25, 0.3) is 0 Å². The Hall–Kier alpha value is -0.930. The van der Waals surface area contributed by atoms with Crippen LogP contribution in [0, 0.1) is 5.92 Å². The number of rotatable bonds is 4. The molecule has 0 aliphatic heterocycles. The SMILES string of the molecule is CC(CN(C)c1ccc(Cl)c(Cl)c1)C(=O)O. The van der Waals surface area contributed by atoms with Crippen molar-refractivity contribution in [2.75, 3.05) is 18.5 Å². The second-order valence-electron chi connectivity index (χ2n) is 3.72. The monoisotopic (exact) mass is 261 g/mol. The fourth-order valence-corrected chi connectivity index (χ4v) is 1.61. The van der Waals surface area contributed by atoms with Gasteiger partial charge < -0.3 is 10.0 Å². The minimum absolute atomic E-state index is 0.424. The molecule has 5 heteroatoms. The third kappa shape index (κ3) is 3.29. The zero-order valence-corrected chi connectivity index (χ0v) is 10.6. The number of anilines is 1. The zero-order valence-electron chi connectivity index (χ0n) is 9.08. The van der Waals surface area contributed by atoms with E-state index >= 15 is 0 Å². The van der Waals surface area contributed by atoms with Gasteiger partial charge in [0, 0.05) is 19.3 Å². The number of hydrogen-bond donors (Lipinski definition) is 1. The van der Waals surface area contributed by atoms with Gasteiger partial charge in [0.05, 0.1) is 16.0 Å². The van der Waals surface area contributed by atoms with Crippen LogP contribution in [0.4, 0.5) is 5.69 Å². The Labute approximate surface area is 105 Å². The van der Waals surface area contributed by atoms with E-state index in [4.69, 9.17) is 28.3 Å². The Morgan fingerprint density at radius 3 is 2.56 bits per heavy atom. The molecule has 0 aliphatic carbocycles. The molecule has 1 unspecified atom stereocenters. The predicted octanol–water partition coefficient (Wildman–Crippen LogP) is 3.15. The van der Waals surface area contributed by atoms with Crippen molar-refractivity contribution in [3.05, 3.63) is 28.2 Å². The van der Waals surface area contributed by atoms with Gasteiger partial charge in [-0.1, -0.05) is 30.1 Å². The largest absolute Gasteiger partial charge is 0.481 e. The third-order valence-corrected chi connectivity index (χ3v) is 3.05. The van der Waals surface area contributed by atoms with E-state index in [1.165, 1.54) is 0 Å². The molecule has 0 heterocycles. The van der Waals surface area contributed by atoms with Gasteiger partial charge >= 0.3 is 5.97 Å². The van der Waals surface area contributed by atoms with Crippen LogP contribution in [-0.2, 0) is 4.79 Å². The number of benzene rings is 1. The van der Waals surface area contributed by atoms with Crippen molar-refractivity contribution < 1.29 is 9.90 Å². The third-order valence-electron chi connectivity index (χ3n) is 2.31. The van der Waals surface area contributed by atoms with E-state index in [0.717, 1.165) is 5.69 Å². The minimum Gasteiger partial charge on any atom is -0.481 e. The summed E-state index contributed by atoms with van der Waals surface area (Å²) in [6.45, 7) is 2.09. The number of halogens is 2. The van der Waals surface area contributed by atoms with E-state index in [9.17, 15) is 4.79 Å². The average molecular weight is 262 g/mol. The molecule has 88 valence electrons. The van der Waals surface area contributed by atoms with Crippen LogP contribution in [0.2, 0.25) is 10.0 Å². The predicted molar refractivity (Wildman–Crippen MR) is 66.5 cm³/mol. The smallest absolute Gasteiger partial charge is 0.308 e. The standard InChI is InChI=1S/C11H13Cl2NO2/c1-7(11(15)16)6-14(2)8-3-4-9(12)10(13)5-8/h3-5,7H,6H2,1-2H3,(H,15,16). The molecule has 0 saturated carbocycles. The second kappa shape index (κ2) is 5.41. The molecule has 0 aliphatic rings. The maximum atomic E-state index is 10.7. The molecule has 3 nitrogen and oxygen atoms in total. The minimum atomic E-state index is -0.813. The molecular formula is C11H13Cl2NO2. The summed E-state index contributed by atoms with van der Waals surface area (Å²) in [5, 5.41) is 9.76. The van der Waals surface area contributed by atoms with Gasteiger partial charge in [0.25, 0.3) is 0 Å². The highest BCUT2D eigenvalue weighted by Gasteiger charge is 2.14. The van der Waals surface area contributed by atoms with Gasteiger partial charge in [0.1, 0.15) is 0 Å². The highest BCUT2D eigenvalue weighted by Crippen LogP contribution is 2.26. The van der Waals surface area contributed by atoms with Gasteiger partial charge in [-0.15, -0.1) is 0 Å². The lowest BCUT2D eigenvalue weighted by Crippen LogP contribution is -2.28. The summed E-state index contributed by atoms with van der Waals surface area (Å²) in [5.74, 6) is -1.24. The molecule has 0 saturated heterocycles. The van der Waals surface area contributed by atoms with E-state index in [0.29, 0.717) is 16.6 Å². The molecule has 0 fully saturated rings. The Balaban J connectivity index is 2.76. The van der Waals surface area contributed by atoms with Crippen LogP contribution in [0.5, 0.6) is 0 Å². The Bertz CT molecular complexity index is 396. The summed E-state index contributed by atoms with van der Waals surface area (Å²) in [5.41, 5.74) is 0.850. The van der Waals surface area contributed by atoms with Gasteiger partial charge in [0.15, 0.2) is 0 Å². The van der Waals surface area contributed by atoms with Crippen LogP contribution < -0.4 is 4.90 Å². The first kappa shape index (κ1) is 13.1. The number of hydrogen-bond acceptors (Lipinski definition) is 2. The van der Waals surface area contributed by atoms with Gasteiger partial charge in [-0.05, 0) is 18.2 Å². The summed E-state index contributed by atoms with van der Waals surface area (Å²) in [6, 6.07) is 5.22. The van der Waals surface area contributed by atoms with Crippen molar-refractivity contribution in [3.8, 4) is 0 Å². The Kier molecular flexibility index (Phi) is 4.44. The lowest BCUT2D eigenvalue weighted by atomic mass is 10.1. The molecule has 1 aromatic carbocycles. The molecule has 0 spiro atoms.